The summed E-state index contributed by atoms with van der Waals surface area (Å²) in [5, 5.41) is 25.7. The number of carboxylic acid groups (broad SMARTS) is 1. The third-order valence-corrected chi connectivity index (χ3v) is 2.39. The molecule has 1 aromatic rings. The van der Waals surface area contributed by atoms with Gasteiger partial charge in [-0.25, -0.2) is 9.59 Å². The Hall–Kier alpha value is -2.09. The Morgan fingerprint density at radius 1 is 1.44 bits per heavy atom. The first-order valence-corrected chi connectivity index (χ1v) is 5.25. The fourth-order valence-electron chi connectivity index (χ4n) is 1.32. The van der Waals surface area contributed by atoms with Crippen molar-refractivity contribution in [3.05, 3.63) is 17.0 Å². The number of urea groups is 1. The van der Waals surface area contributed by atoms with Crippen LogP contribution in [0.15, 0.2) is 4.52 Å². The predicted molar refractivity (Wildman–Crippen MR) is 59.9 cm³/mol. The van der Waals surface area contributed by atoms with Gasteiger partial charge in [-0.05, 0) is 13.8 Å². The van der Waals surface area contributed by atoms with Crippen LogP contribution < -0.4 is 10.6 Å². The molecule has 1 heterocycles. The number of hydrogen-bond acceptors (Lipinski definition) is 5. The first-order chi connectivity index (χ1) is 8.45. The minimum atomic E-state index is -1.32. The Morgan fingerprint density at radius 2 is 2.11 bits per heavy atom. The average Bonchev–Trinajstić information content (AvgIpc) is 2.63. The summed E-state index contributed by atoms with van der Waals surface area (Å²) >= 11 is 0. The van der Waals surface area contributed by atoms with Crippen LogP contribution in [0.4, 0.5) is 4.79 Å². The van der Waals surface area contributed by atoms with Crippen LogP contribution in [0.1, 0.15) is 17.0 Å². The third kappa shape index (κ3) is 3.45. The van der Waals surface area contributed by atoms with Crippen molar-refractivity contribution in [1.29, 1.82) is 0 Å². The highest BCUT2D eigenvalue weighted by molar-refractivity contribution is 5.82. The zero-order valence-electron chi connectivity index (χ0n) is 10.1. The molecule has 0 unspecified atom stereocenters. The van der Waals surface area contributed by atoms with E-state index >= 15 is 0 Å². The van der Waals surface area contributed by atoms with Crippen molar-refractivity contribution in [3.8, 4) is 0 Å². The molecule has 2 amide bonds. The van der Waals surface area contributed by atoms with Crippen molar-refractivity contribution < 1.29 is 24.3 Å². The molecular weight excluding hydrogens is 242 g/mol. The molecule has 0 radical (unpaired) electrons. The summed E-state index contributed by atoms with van der Waals surface area (Å²) in [6.07, 6.45) is 0. The van der Waals surface area contributed by atoms with E-state index in [0.29, 0.717) is 11.5 Å². The number of aliphatic carboxylic acids is 1. The van der Waals surface area contributed by atoms with Crippen LogP contribution in [-0.4, -0.2) is 40.0 Å². The Bertz CT molecular complexity index is 423. The molecule has 0 saturated heterocycles. The maximum Gasteiger partial charge on any atom is 0.328 e. The van der Waals surface area contributed by atoms with Gasteiger partial charge in [-0.1, -0.05) is 5.16 Å². The van der Waals surface area contributed by atoms with Crippen molar-refractivity contribution >= 4 is 12.0 Å². The minimum absolute atomic E-state index is 0.171. The number of aliphatic hydroxyl groups excluding tert-OH is 1. The lowest BCUT2D eigenvalue weighted by Gasteiger charge is -2.12. The number of rotatable bonds is 5. The highest BCUT2D eigenvalue weighted by Gasteiger charge is 2.19. The largest absolute Gasteiger partial charge is 0.480 e. The molecule has 0 saturated carbocycles. The fraction of sp³-hybridized carbons (Fsp3) is 0.500. The van der Waals surface area contributed by atoms with E-state index in [9.17, 15) is 9.59 Å². The summed E-state index contributed by atoms with van der Waals surface area (Å²) in [5.74, 6) is -0.713. The molecule has 0 spiro atoms. The molecule has 1 aromatic heterocycles. The van der Waals surface area contributed by atoms with Gasteiger partial charge in [0.05, 0.1) is 12.3 Å². The maximum atomic E-state index is 11.4. The summed E-state index contributed by atoms with van der Waals surface area (Å²) in [6, 6.07) is -2.01. The second kappa shape index (κ2) is 6.01. The van der Waals surface area contributed by atoms with E-state index in [4.69, 9.17) is 14.7 Å². The number of aryl methyl sites for hydroxylation is 2. The van der Waals surface area contributed by atoms with Crippen LogP contribution in [-0.2, 0) is 11.3 Å². The monoisotopic (exact) mass is 257 g/mol. The molecule has 18 heavy (non-hydrogen) atoms. The molecule has 8 nitrogen and oxygen atoms in total. The molecule has 0 bridgehead atoms. The topological polar surface area (TPSA) is 125 Å². The van der Waals surface area contributed by atoms with Crippen LogP contribution in [0.5, 0.6) is 0 Å². The summed E-state index contributed by atoms with van der Waals surface area (Å²) in [6.45, 7) is 2.95. The van der Waals surface area contributed by atoms with Gasteiger partial charge < -0.3 is 25.4 Å². The number of carboxylic acids is 1. The van der Waals surface area contributed by atoms with Gasteiger partial charge in [0, 0.05) is 12.1 Å². The number of aliphatic hydroxyl groups is 1. The van der Waals surface area contributed by atoms with Gasteiger partial charge in [0.2, 0.25) is 0 Å². The molecule has 1 atom stereocenters. The van der Waals surface area contributed by atoms with Crippen molar-refractivity contribution in [2.24, 2.45) is 0 Å². The molecule has 1 rings (SSSR count). The Labute approximate surface area is 103 Å². The van der Waals surface area contributed by atoms with Gasteiger partial charge in [-0.15, -0.1) is 0 Å². The van der Waals surface area contributed by atoms with Crippen LogP contribution >= 0.6 is 0 Å². The summed E-state index contributed by atoms with van der Waals surface area (Å²) in [7, 11) is 0. The van der Waals surface area contributed by atoms with Crippen molar-refractivity contribution in [1.82, 2.24) is 15.8 Å². The predicted octanol–water partition coefficient (Wildman–Crippen LogP) is -0.464. The van der Waals surface area contributed by atoms with Crippen LogP contribution in [0.2, 0.25) is 0 Å². The van der Waals surface area contributed by atoms with Gasteiger partial charge in [0.15, 0.2) is 6.04 Å². The first kappa shape index (κ1) is 14.0. The normalized spacial score (nSPS) is 11.9. The molecule has 8 heteroatoms. The van der Waals surface area contributed by atoms with Crippen molar-refractivity contribution in [2.75, 3.05) is 6.61 Å². The molecule has 0 fully saturated rings. The van der Waals surface area contributed by atoms with Gasteiger partial charge in [-0.2, -0.15) is 0 Å². The van der Waals surface area contributed by atoms with Crippen LogP contribution in [0.3, 0.4) is 0 Å². The highest BCUT2D eigenvalue weighted by atomic mass is 16.5. The number of amides is 2. The van der Waals surface area contributed by atoms with E-state index in [0.717, 1.165) is 5.56 Å². The van der Waals surface area contributed by atoms with E-state index in [-0.39, 0.29) is 6.54 Å². The number of nitrogens with zero attached hydrogens (tertiary/aromatic N) is 1. The van der Waals surface area contributed by atoms with Crippen LogP contribution in [0, 0.1) is 13.8 Å². The number of carbonyl (C=O) groups is 2. The fourth-order valence-corrected chi connectivity index (χ4v) is 1.32. The van der Waals surface area contributed by atoms with E-state index in [1.807, 2.05) is 0 Å². The standard InChI is InChI=1S/C10H15N3O5/c1-5-7(6(2)18-13-5)3-11-10(17)12-8(4-14)9(15)16/h8,14H,3-4H2,1-2H3,(H,15,16)(H2,11,12,17)/t8-/m1/s1. The Kier molecular flexibility index (Phi) is 4.67. The number of hydrogen-bond donors (Lipinski definition) is 4. The minimum Gasteiger partial charge on any atom is -0.480 e. The number of aromatic nitrogens is 1. The van der Waals surface area contributed by atoms with Gasteiger partial charge in [-0.3, -0.25) is 0 Å². The molecular formula is C10H15N3O5. The average molecular weight is 257 g/mol. The smallest absolute Gasteiger partial charge is 0.328 e. The molecule has 0 aromatic carbocycles. The van der Waals surface area contributed by atoms with Gasteiger partial charge in [0.25, 0.3) is 0 Å². The Morgan fingerprint density at radius 3 is 2.56 bits per heavy atom. The molecule has 0 aliphatic rings. The number of nitrogens with one attached hydrogen (secondary N) is 2. The molecule has 100 valence electrons. The SMILES string of the molecule is Cc1noc(C)c1CNC(=O)N[C@H](CO)C(=O)O. The molecule has 4 N–H and O–H groups in total. The van der Waals surface area contributed by atoms with Crippen molar-refractivity contribution in [2.45, 2.75) is 26.4 Å². The third-order valence-electron chi connectivity index (χ3n) is 2.39. The molecule has 0 aliphatic heterocycles. The summed E-state index contributed by atoms with van der Waals surface area (Å²) < 4.78 is 4.91. The van der Waals surface area contributed by atoms with Gasteiger partial charge >= 0.3 is 12.0 Å². The lowest BCUT2D eigenvalue weighted by Crippen LogP contribution is -2.47. The van der Waals surface area contributed by atoms with Crippen molar-refractivity contribution in [3.63, 3.8) is 0 Å². The quantitative estimate of drug-likeness (QED) is 0.565. The van der Waals surface area contributed by atoms with E-state index < -0.39 is 24.6 Å². The zero-order chi connectivity index (χ0) is 13.7. The van der Waals surface area contributed by atoms with E-state index in [2.05, 4.69) is 15.8 Å². The van der Waals surface area contributed by atoms with E-state index in [1.165, 1.54) is 0 Å². The zero-order valence-corrected chi connectivity index (χ0v) is 10.1. The maximum absolute atomic E-state index is 11.4. The first-order valence-electron chi connectivity index (χ1n) is 5.25. The summed E-state index contributed by atoms with van der Waals surface area (Å²) in [5.41, 5.74) is 1.39. The van der Waals surface area contributed by atoms with Crippen LogP contribution in [0.25, 0.3) is 0 Å². The summed E-state index contributed by atoms with van der Waals surface area (Å²) in [4.78, 5) is 22.0. The lowest BCUT2D eigenvalue weighted by molar-refractivity contribution is -0.140. The second-order valence-electron chi connectivity index (χ2n) is 3.70. The second-order valence-corrected chi connectivity index (χ2v) is 3.70. The van der Waals surface area contributed by atoms with E-state index in [1.54, 1.807) is 13.8 Å². The highest BCUT2D eigenvalue weighted by Crippen LogP contribution is 2.11. The van der Waals surface area contributed by atoms with Gasteiger partial charge in [0.1, 0.15) is 5.76 Å². The Balaban J connectivity index is 2.49. The lowest BCUT2D eigenvalue weighted by atomic mass is 10.2. The number of carbonyl (C=O) groups excluding carboxylic acids is 1. The molecule has 0 aliphatic carbocycles.